The first-order valence-electron chi connectivity index (χ1n) is 12.2. The Morgan fingerprint density at radius 3 is 2.95 bits per heavy atom. The van der Waals surface area contributed by atoms with E-state index in [1.54, 1.807) is 11.1 Å². The van der Waals surface area contributed by atoms with Crippen molar-refractivity contribution in [2.75, 3.05) is 46.5 Å². The van der Waals surface area contributed by atoms with E-state index in [0.29, 0.717) is 55.0 Å². The molecule has 202 valence electrons. The molecule has 5 heterocycles. The lowest BCUT2D eigenvalue weighted by molar-refractivity contribution is -0.136. The SMILES string of the molecule is COC(=O)C1=C(CN2C3COCC34CN(CC(F)F)CC24)NC(c2nccs2)=N[C@H]1c1ccc(F)cc1Cl. The van der Waals surface area contributed by atoms with E-state index >= 15 is 0 Å². The van der Waals surface area contributed by atoms with Crippen LogP contribution in [-0.2, 0) is 14.3 Å². The molecule has 8 nitrogen and oxygen atoms in total. The number of benzene rings is 1. The van der Waals surface area contributed by atoms with Gasteiger partial charge in [-0.25, -0.2) is 22.9 Å². The third kappa shape index (κ3) is 4.22. The Labute approximate surface area is 226 Å². The van der Waals surface area contributed by atoms with E-state index in [2.05, 4.69) is 15.2 Å². The quantitative estimate of drug-likeness (QED) is 0.515. The number of hydrogen-bond donors (Lipinski definition) is 1. The molecule has 2 aromatic rings. The molecule has 0 saturated carbocycles. The zero-order chi connectivity index (χ0) is 26.6. The van der Waals surface area contributed by atoms with E-state index in [1.165, 1.54) is 36.6 Å². The van der Waals surface area contributed by atoms with Gasteiger partial charge in [0.2, 0.25) is 0 Å². The van der Waals surface area contributed by atoms with Gasteiger partial charge in [0.15, 0.2) is 10.8 Å². The van der Waals surface area contributed by atoms with Crippen LogP contribution in [0.3, 0.4) is 0 Å². The third-order valence-electron chi connectivity index (χ3n) is 7.88. The lowest BCUT2D eigenvalue weighted by Gasteiger charge is -2.56. The van der Waals surface area contributed by atoms with Crippen LogP contribution in [0.15, 0.2) is 46.0 Å². The Morgan fingerprint density at radius 2 is 2.24 bits per heavy atom. The molecule has 1 aromatic carbocycles. The van der Waals surface area contributed by atoms with E-state index in [-0.39, 0.29) is 34.6 Å². The molecule has 1 aromatic heterocycles. The lowest BCUT2D eigenvalue weighted by Crippen LogP contribution is -2.71. The lowest BCUT2D eigenvalue weighted by atomic mass is 9.68. The highest BCUT2D eigenvalue weighted by molar-refractivity contribution is 7.11. The van der Waals surface area contributed by atoms with Crippen molar-refractivity contribution < 1.29 is 27.4 Å². The molecule has 4 aliphatic heterocycles. The average molecular weight is 568 g/mol. The molecule has 3 unspecified atom stereocenters. The topological polar surface area (TPSA) is 79.3 Å². The summed E-state index contributed by atoms with van der Waals surface area (Å²) in [5.41, 5.74) is 1.05. The number of amidine groups is 1. The largest absolute Gasteiger partial charge is 0.466 e. The summed E-state index contributed by atoms with van der Waals surface area (Å²) in [5.74, 6) is -0.651. The minimum atomic E-state index is -2.41. The van der Waals surface area contributed by atoms with E-state index < -0.39 is 24.3 Å². The first-order chi connectivity index (χ1) is 18.3. The Morgan fingerprint density at radius 1 is 1.39 bits per heavy atom. The summed E-state index contributed by atoms with van der Waals surface area (Å²) >= 11 is 7.81. The van der Waals surface area contributed by atoms with Crippen molar-refractivity contribution in [3.63, 3.8) is 0 Å². The Bertz CT molecular complexity index is 1310. The van der Waals surface area contributed by atoms with Crippen LogP contribution in [0.5, 0.6) is 0 Å². The molecule has 6 rings (SSSR count). The minimum absolute atomic E-state index is 0.00279. The Kier molecular flexibility index (Phi) is 6.71. The fourth-order valence-electron chi connectivity index (χ4n) is 6.31. The second-order valence-electron chi connectivity index (χ2n) is 9.93. The highest BCUT2D eigenvalue weighted by Gasteiger charge is 2.67. The highest BCUT2D eigenvalue weighted by Crippen LogP contribution is 2.53. The molecular weight excluding hydrogens is 543 g/mol. The van der Waals surface area contributed by atoms with Gasteiger partial charge in [-0.3, -0.25) is 14.8 Å². The maximum Gasteiger partial charge on any atom is 0.338 e. The summed E-state index contributed by atoms with van der Waals surface area (Å²) in [5, 5.41) is 5.85. The van der Waals surface area contributed by atoms with E-state index in [1.807, 2.05) is 5.38 Å². The number of likely N-dealkylation sites (tertiary alicyclic amines) is 2. The number of nitrogens with zero attached hydrogens (tertiary/aromatic N) is 4. The number of halogens is 4. The van der Waals surface area contributed by atoms with Gasteiger partial charge in [-0.2, -0.15) is 0 Å². The zero-order valence-corrected chi connectivity index (χ0v) is 21.9. The van der Waals surface area contributed by atoms with Gasteiger partial charge in [-0.05, 0) is 12.1 Å². The number of alkyl halides is 2. The summed E-state index contributed by atoms with van der Waals surface area (Å²) < 4.78 is 51.2. The number of rotatable bonds is 7. The van der Waals surface area contributed by atoms with Crippen LogP contribution < -0.4 is 5.32 Å². The number of hydrogen-bond acceptors (Lipinski definition) is 9. The molecule has 3 fully saturated rings. The molecule has 38 heavy (non-hydrogen) atoms. The van der Waals surface area contributed by atoms with Gasteiger partial charge in [0, 0.05) is 65.0 Å². The van der Waals surface area contributed by atoms with Crippen LogP contribution in [0.2, 0.25) is 5.02 Å². The van der Waals surface area contributed by atoms with Crippen molar-refractivity contribution in [2.24, 2.45) is 10.4 Å². The molecule has 0 radical (unpaired) electrons. The monoisotopic (exact) mass is 567 g/mol. The van der Waals surface area contributed by atoms with Crippen molar-refractivity contribution in [2.45, 2.75) is 24.6 Å². The first kappa shape index (κ1) is 25.8. The van der Waals surface area contributed by atoms with Crippen molar-refractivity contribution in [1.82, 2.24) is 20.1 Å². The van der Waals surface area contributed by atoms with Crippen LogP contribution in [0.4, 0.5) is 13.2 Å². The molecule has 0 bridgehead atoms. The fraction of sp³-hybridized carbons (Fsp3) is 0.480. The van der Waals surface area contributed by atoms with Gasteiger partial charge in [0.1, 0.15) is 11.9 Å². The molecule has 4 aliphatic rings. The van der Waals surface area contributed by atoms with Crippen molar-refractivity contribution in [1.29, 1.82) is 0 Å². The summed E-state index contributed by atoms with van der Waals surface area (Å²) in [6.45, 7) is 2.09. The van der Waals surface area contributed by atoms with Crippen molar-refractivity contribution in [3.05, 3.63) is 62.5 Å². The van der Waals surface area contributed by atoms with Gasteiger partial charge in [-0.15, -0.1) is 11.3 Å². The summed E-state index contributed by atoms with van der Waals surface area (Å²) in [6, 6.07) is 3.12. The van der Waals surface area contributed by atoms with Gasteiger partial charge in [0.25, 0.3) is 6.43 Å². The summed E-state index contributed by atoms with van der Waals surface area (Å²) in [7, 11) is 1.29. The number of methoxy groups -OCH3 is 1. The molecule has 3 saturated heterocycles. The number of aromatic nitrogens is 1. The number of carbonyl (C=O) groups excluding carboxylic acids is 1. The molecule has 13 heteroatoms. The minimum Gasteiger partial charge on any atom is -0.466 e. The second kappa shape index (κ2) is 9.91. The fourth-order valence-corrected chi connectivity index (χ4v) is 7.16. The van der Waals surface area contributed by atoms with Crippen molar-refractivity contribution in [3.8, 4) is 0 Å². The van der Waals surface area contributed by atoms with Crippen LogP contribution >= 0.6 is 22.9 Å². The number of carbonyl (C=O) groups is 1. The number of aliphatic imine (C=N–C) groups is 1. The van der Waals surface area contributed by atoms with Crippen molar-refractivity contribution >= 4 is 34.7 Å². The molecule has 1 N–H and O–H groups in total. The van der Waals surface area contributed by atoms with Gasteiger partial charge in [0.05, 0.1) is 32.4 Å². The van der Waals surface area contributed by atoms with Crippen LogP contribution in [0, 0.1) is 11.2 Å². The normalized spacial score (nSPS) is 29.1. The standard InChI is InChI=1S/C25H25ClF3N5O3S/c1-36-24(35)20-16(7-34-17-8-33(9-19(28)29)11-25(17)12-37-10-18(25)34)31-22(23-30-4-5-38-23)32-21(20)14-3-2-13(27)6-15(14)26/h2-6,17-19,21H,7-12H2,1H3,(H,31,32)/t17?,18?,21-,25?/m0/s1. The van der Waals surface area contributed by atoms with Gasteiger partial charge in [-0.1, -0.05) is 17.7 Å². The van der Waals surface area contributed by atoms with Gasteiger partial charge < -0.3 is 14.8 Å². The molecule has 0 aliphatic carbocycles. The molecular formula is C25H25ClF3N5O3S. The van der Waals surface area contributed by atoms with Crippen LogP contribution in [0.25, 0.3) is 0 Å². The van der Waals surface area contributed by atoms with E-state index in [0.717, 1.165) is 0 Å². The Hall–Kier alpha value is -2.51. The maximum absolute atomic E-state index is 13.9. The number of nitrogens with one attached hydrogen (secondary N) is 1. The molecule has 4 atom stereocenters. The van der Waals surface area contributed by atoms with E-state index in [9.17, 15) is 18.0 Å². The predicted molar refractivity (Wildman–Crippen MR) is 135 cm³/mol. The molecule has 0 amide bonds. The first-order valence-corrected chi connectivity index (χ1v) is 13.4. The smallest absolute Gasteiger partial charge is 0.338 e. The maximum atomic E-state index is 13.9. The second-order valence-corrected chi connectivity index (χ2v) is 11.2. The predicted octanol–water partition coefficient (Wildman–Crippen LogP) is 3.10. The number of esters is 1. The van der Waals surface area contributed by atoms with Crippen LogP contribution in [-0.4, -0.2) is 91.6 Å². The Balaban J connectivity index is 1.39. The zero-order valence-electron chi connectivity index (χ0n) is 20.4. The van der Waals surface area contributed by atoms with Gasteiger partial charge >= 0.3 is 5.97 Å². The number of ether oxygens (including phenoxy) is 2. The average Bonchev–Trinajstić information content (AvgIpc) is 3.61. The molecule has 1 spiro atoms. The third-order valence-corrected chi connectivity index (χ3v) is 8.99. The summed E-state index contributed by atoms with van der Waals surface area (Å²) in [4.78, 5) is 26.3. The van der Waals surface area contributed by atoms with E-state index in [4.69, 9.17) is 26.1 Å². The van der Waals surface area contributed by atoms with Crippen LogP contribution in [0.1, 0.15) is 16.6 Å². The highest BCUT2D eigenvalue weighted by atomic mass is 35.5. The summed E-state index contributed by atoms with van der Waals surface area (Å²) in [6.07, 6.45) is -0.760. The number of thiazole rings is 1.